The van der Waals surface area contributed by atoms with Crippen molar-refractivity contribution in [2.45, 2.75) is 25.3 Å². The molecule has 0 aliphatic carbocycles. The molecule has 0 bridgehead atoms. The van der Waals surface area contributed by atoms with Crippen molar-refractivity contribution in [2.75, 3.05) is 13.1 Å². The second-order valence-corrected chi connectivity index (χ2v) is 7.32. The van der Waals surface area contributed by atoms with Gasteiger partial charge in [0.1, 0.15) is 5.69 Å². The van der Waals surface area contributed by atoms with Gasteiger partial charge in [0, 0.05) is 17.7 Å². The molecule has 0 amide bonds. The molecule has 146 valence electrons. The van der Waals surface area contributed by atoms with E-state index in [4.69, 9.17) is 0 Å². The number of aromatic hydroxyl groups is 1. The zero-order chi connectivity index (χ0) is 20.1. The van der Waals surface area contributed by atoms with Crippen LogP contribution in [0.25, 0.3) is 0 Å². The van der Waals surface area contributed by atoms with Crippen molar-refractivity contribution in [2.24, 2.45) is 0 Å². The van der Waals surface area contributed by atoms with E-state index in [-0.39, 0.29) is 5.75 Å². The monoisotopic (exact) mass is 385 g/mol. The highest BCUT2D eigenvalue weighted by Crippen LogP contribution is 2.29. The first-order valence-electron chi connectivity index (χ1n) is 9.84. The van der Waals surface area contributed by atoms with Crippen LogP contribution >= 0.6 is 0 Å². The van der Waals surface area contributed by atoms with Crippen LogP contribution in [0.5, 0.6) is 5.75 Å². The molecule has 4 rings (SSSR count). The van der Waals surface area contributed by atoms with E-state index in [1.807, 2.05) is 30.3 Å². The van der Waals surface area contributed by atoms with Crippen LogP contribution in [0.1, 0.15) is 41.1 Å². The van der Waals surface area contributed by atoms with Gasteiger partial charge >= 0.3 is 0 Å². The highest BCUT2D eigenvalue weighted by Gasteiger charge is 2.22. The van der Waals surface area contributed by atoms with E-state index in [0.717, 1.165) is 37.1 Å². The van der Waals surface area contributed by atoms with Crippen LogP contribution in [0.15, 0.2) is 65.7 Å². The lowest BCUT2D eigenvalue weighted by atomic mass is 9.89. The van der Waals surface area contributed by atoms with Crippen LogP contribution < -0.4 is 5.56 Å². The molecule has 1 aromatic heterocycles. The summed E-state index contributed by atoms with van der Waals surface area (Å²) in [6.45, 7) is 2.32. The maximum Gasteiger partial charge on any atom is 0.293 e. The Labute approximate surface area is 170 Å². The molecule has 1 saturated heterocycles. The highest BCUT2D eigenvalue weighted by molar-refractivity contribution is 5.43. The number of nitrogens with one attached hydrogen (secondary N) is 1. The number of hydrogen-bond donors (Lipinski definition) is 2. The van der Waals surface area contributed by atoms with Crippen LogP contribution in [0.3, 0.4) is 0 Å². The number of benzene rings is 2. The van der Waals surface area contributed by atoms with Crippen LogP contribution in [0.4, 0.5) is 0 Å². The number of piperidine rings is 1. The molecule has 1 fully saturated rings. The molecule has 1 aliphatic heterocycles. The summed E-state index contributed by atoms with van der Waals surface area (Å²) in [5, 5.41) is 9.86. The van der Waals surface area contributed by atoms with E-state index >= 15 is 0 Å². The van der Waals surface area contributed by atoms with Gasteiger partial charge in [0.25, 0.3) is 5.56 Å². The third-order valence-electron chi connectivity index (χ3n) is 5.37. The van der Waals surface area contributed by atoms with Crippen molar-refractivity contribution in [3.8, 4) is 17.6 Å². The van der Waals surface area contributed by atoms with Crippen molar-refractivity contribution < 1.29 is 5.11 Å². The molecule has 0 saturated carbocycles. The zero-order valence-corrected chi connectivity index (χ0v) is 16.1. The average molecular weight is 385 g/mol. The fourth-order valence-corrected chi connectivity index (χ4v) is 3.69. The van der Waals surface area contributed by atoms with Gasteiger partial charge in [-0.1, -0.05) is 42.2 Å². The molecule has 3 aromatic rings. The van der Waals surface area contributed by atoms with Gasteiger partial charge in [-0.25, -0.2) is 4.98 Å². The normalized spacial score (nSPS) is 14.9. The molecule has 2 aromatic carbocycles. The average Bonchev–Trinajstić information content (AvgIpc) is 2.77. The lowest BCUT2D eigenvalue weighted by Crippen LogP contribution is -2.33. The maximum atomic E-state index is 11.5. The molecule has 1 aliphatic rings. The summed E-state index contributed by atoms with van der Waals surface area (Å²) in [7, 11) is 0. The summed E-state index contributed by atoms with van der Waals surface area (Å²) in [6.07, 6.45) is 3.42. The van der Waals surface area contributed by atoms with Crippen molar-refractivity contribution in [3.63, 3.8) is 0 Å². The maximum absolute atomic E-state index is 11.5. The number of aromatic nitrogens is 2. The molecular formula is C24H23N3O2. The molecule has 2 heterocycles. The minimum absolute atomic E-state index is 0.276. The molecule has 0 spiro atoms. The first-order valence-corrected chi connectivity index (χ1v) is 9.84. The Bertz CT molecular complexity index is 1070. The predicted molar refractivity (Wildman–Crippen MR) is 113 cm³/mol. The Morgan fingerprint density at radius 1 is 1.00 bits per heavy atom. The Morgan fingerprint density at radius 2 is 1.66 bits per heavy atom. The Morgan fingerprint density at radius 3 is 2.34 bits per heavy atom. The van der Waals surface area contributed by atoms with Gasteiger partial charge in [0.2, 0.25) is 5.75 Å². The molecule has 5 heteroatoms. The van der Waals surface area contributed by atoms with E-state index in [2.05, 4.69) is 51.0 Å². The summed E-state index contributed by atoms with van der Waals surface area (Å²) < 4.78 is 0. The van der Waals surface area contributed by atoms with Crippen molar-refractivity contribution in [1.82, 2.24) is 14.9 Å². The van der Waals surface area contributed by atoms with Crippen LogP contribution in [-0.2, 0) is 6.54 Å². The van der Waals surface area contributed by atoms with E-state index in [1.54, 1.807) is 0 Å². The second kappa shape index (κ2) is 8.76. The standard InChI is InChI=1S/C24H23N3O2/c28-23-22(25-17-26-24(23)29)16-27-14-12-21(13-15-27)20-10-8-19(9-11-20)7-6-18-4-2-1-3-5-18/h1-5,8-11,17,21,28H,12-16H2,(H,25,26,29). The van der Waals surface area contributed by atoms with Gasteiger partial charge in [-0.05, 0) is 61.7 Å². The smallest absolute Gasteiger partial charge is 0.293 e. The molecule has 5 nitrogen and oxygen atoms in total. The van der Waals surface area contributed by atoms with Gasteiger partial charge in [0.05, 0.1) is 6.33 Å². The van der Waals surface area contributed by atoms with Crippen LogP contribution in [0.2, 0.25) is 0 Å². The summed E-state index contributed by atoms with van der Waals surface area (Å²) >= 11 is 0. The minimum atomic E-state index is -0.486. The Hall–Kier alpha value is -3.36. The molecule has 0 unspecified atom stereocenters. The SMILES string of the molecule is O=c1[nH]cnc(CN2CCC(c3ccc(C#Cc4ccccc4)cc3)CC2)c1O. The van der Waals surface area contributed by atoms with E-state index in [0.29, 0.717) is 18.2 Å². The third kappa shape index (κ3) is 4.74. The Balaban J connectivity index is 1.34. The Kier molecular flexibility index (Phi) is 5.73. The first kappa shape index (κ1) is 19.0. The zero-order valence-electron chi connectivity index (χ0n) is 16.1. The first-order chi connectivity index (χ1) is 14.2. The summed E-state index contributed by atoms with van der Waals surface area (Å²) in [5.74, 6) is 6.65. The number of nitrogens with zero attached hydrogens (tertiary/aromatic N) is 2. The van der Waals surface area contributed by atoms with E-state index in [9.17, 15) is 9.90 Å². The highest BCUT2D eigenvalue weighted by atomic mass is 16.3. The summed E-state index contributed by atoms with van der Waals surface area (Å²) in [5.41, 5.74) is 3.33. The van der Waals surface area contributed by atoms with Gasteiger partial charge in [-0.15, -0.1) is 0 Å². The van der Waals surface area contributed by atoms with Crippen molar-refractivity contribution >= 4 is 0 Å². The quantitative estimate of drug-likeness (QED) is 0.679. The van der Waals surface area contributed by atoms with Crippen molar-refractivity contribution in [1.29, 1.82) is 0 Å². The number of rotatable bonds is 3. The summed E-state index contributed by atoms with van der Waals surface area (Å²) in [4.78, 5) is 20.2. The van der Waals surface area contributed by atoms with Gasteiger partial charge < -0.3 is 10.1 Å². The molecular weight excluding hydrogens is 362 g/mol. The molecule has 0 atom stereocenters. The molecule has 2 N–H and O–H groups in total. The van der Waals surface area contributed by atoms with Crippen LogP contribution in [0, 0.1) is 11.8 Å². The number of aromatic amines is 1. The van der Waals surface area contributed by atoms with E-state index < -0.39 is 5.56 Å². The number of H-pyrrole nitrogens is 1. The van der Waals surface area contributed by atoms with Crippen LogP contribution in [-0.4, -0.2) is 33.1 Å². The second-order valence-electron chi connectivity index (χ2n) is 7.32. The van der Waals surface area contributed by atoms with Gasteiger partial charge in [0.15, 0.2) is 0 Å². The minimum Gasteiger partial charge on any atom is -0.502 e. The van der Waals surface area contributed by atoms with Crippen molar-refractivity contribution in [3.05, 3.63) is 93.7 Å². The predicted octanol–water partition coefficient (Wildman–Crippen LogP) is 3.25. The molecule has 29 heavy (non-hydrogen) atoms. The lowest BCUT2D eigenvalue weighted by molar-refractivity contribution is 0.200. The largest absolute Gasteiger partial charge is 0.502 e. The lowest BCUT2D eigenvalue weighted by Gasteiger charge is -2.32. The van der Waals surface area contributed by atoms with Gasteiger partial charge in [-0.2, -0.15) is 0 Å². The fraction of sp³-hybridized carbons (Fsp3) is 0.250. The summed E-state index contributed by atoms with van der Waals surface area (Å²) in [6, 6.07) is 18.5. The third-order valence-corrected chi connectivity index (χ3v) is 5.37. The topological polar surface area (TPSA) is 69.2 Å². The number of likely N-dealkylation sites (tertiary alicyclic amines) is 1. The van der Waals surface area contributed by atoms with E-state index in [1.165, 1.54) is 11.9 Å². The van der Waals surface area contributed by atoms with Gasteiger partial charge in [-0.3, -0.25) is 9.69 Å². The molecule has 0 radical (unpaired) electrons. The fourth-order valence-electron chi connectivity index (χ4n) is 3.69. The number of hydrogen-bond acceptors (Lipinski definition) is 4.